The Morgan fingerprint density at radius 2 is 1.85 bits per heavy atom. The molecule has 1 heterocycles. The number of aryl methyl sites for hydroxylation is 1. The highest BCUT2D eigenvalue weighted by Gasteiger charge is 2.21. The summed E-state index contributed by atoms with van der Waals surface area (Å²) in [6.07, 6.45) is 0.960. The first-order chi connectivity index (χ1) is 12.7. The first-order valence-electron chi connectivity index (χ1n) is 7.68. The molecule has 1 aromatic heterocycles. The van der Waals surface area contributed by atoms with Gasteiger partial charge in [-0.25, -0.2) is 13.6 Å². The van der Waals surface area contributed by atoms with E-state index in [1.165, 1.54) is 13.2 Å². The summed E-state index contributed by atoms with van der Waals surface area (Å²) in [5.41, 5.74) is 10.3. The molecule has 0 saturated heterocycles. The topological polar surface area (TPSA) is 121 Å². The van der Waals surface area contributed by atoms with Crippen LogP contribution in [0.15, 0.2) is 29.2 Å². The molecule has 0 unspecified atom stereocenters. The van der Waals surface area contributed by atoms with Gasteiger partial charge in [-0.1, -0.05) is 0 Å². The van der Waals surface area contributed by atoms with Crippen molar-refractivity contribution in [1.29, 1.82) is 0 Å². The number of ether oxygens (including phenoxy) is 1. The van der Waals surface area contributed by atoms with Crippen LogP contribution in [0.25, 0.3) is 16.6 Å². The van der Waals surface area contributed by atoms with Crippen LogP contribution in [-0.2, 0) is 0 Å². The Labute approximate surface area is 151 Å². The Kier molecular flexibility index (Phi) is 4.22. The summed E-state index contributed by atoms with van der Waals surface area (Å²) in [6.45, 7) is 1.57. The Bertz CT molecular complexity index is 1170. The lowest BCUT2D eigenvalue weighted by molar-refractivity contribution is 0.0695. The molecule has 3 aromatic rings. The number of methoxy groups -OCH3 is 1. The zero-order valence-electron chi connectivity index (χ0n) is 14.3. The quantitative estimate of drug-likeness (QED) is 0.605. The van der Waals surface area contributed by atoms with E-state index >= 15 is 0 Å². The van der Waals surface area contributed by atoms with Crippen molar-refractivity contribution in [3.05, 3.63) is 57.4 Å². The number of nitrogen functional groups attached to an aromatic ring is 2. The summed E-state index contributed by atoms with van der Waals surface area (Å²) >= 11 is 0. The lowest BCUT2D eigenvalue weighted by Crippen LogP contribution is -2.20. The molecular formula is C18H15F2N3O4. The van der Waals surface area contributed by atoms with Gasteiger partial charge in [-0.2, -0.15) is 0 Å². The standard InChI is InChI=1S/C18H15F2N3O4/c1-7-15(22)14(27-2)3-8-16(7)23(6-9(17(8)24)18(25)26)13-5-12(21)10(19)4-11(13)20/h3-6H,21-22H2,1-2H3,(H,25,26). The number of aromatic nitrogens is 1. The van der Waals surface area contributed by atoms with E-state index in [4.69, 9.17) is 16.2 Å². The molecule has 140 valence electrons. The number of halogens is 2. The molecule has 3 rings (SSSR count). The first kappa shape index (κ1) is 18.2. The molecule has 7 nitrogen and oxygen atoms in total. The number of hydrogen-bond acceptors (Lipinski definition) is 5. The fraction of sp³-hybridized carbons (Fsp3) is 0.111. The second-order valence-corrected chi connectivity index (χ2v) is 5.89. The van der Waals surface area contributed by atoms with E-state index in [9.17, 15) is 23.5 Å². The van der Waals surface area contributed by atoms with Crippen molar-refractivity contribution in [1.82, 2.24) is 4.57 Å². The van der Waals surface area contributed by atoms with E-state index in [1.54, 1.807) is 6.92 Å². The summed E-state index contributed by atoms with van der Waals surface area (Å²) in [4.78, 5) is 24.1. The molecule has 0 aliphatic carbocycles. The van der Waals surface area contributed by atoms with E-state index in [-0.39, 0.29) is 33.7 Å². The Balaban J connectivity index is 2.58. The lowest BCUT2D eigenvalue weighted by atomic mass is 10.0. The van der Waals surface area contributed by atoms with Crippen molar-refractivity contribution in [2.75, 3.05) is 18.6 Å². The smallest absolute Gasteiger partial charge is 0.341 e. The summed E-state index contributed by atoms with van der Waals surface area (Å²) in [6, 6.07) is 2.88. The molecule has 0 aliphatic heterocycles. The van der Waals surface area contributed by atoms with Crippen LogP contribution < -0.4 is 21.6 Å². The normalized spacial score (nSPS) is 11.0. The van der Waals surface area contributed by atoms with Gasteiger partial charge in [0.1, 0.15) is 22.9 Å². The number of benzene rings is 2. The number of rotatable bonds is 3. The maximum Gasteiger partial charge on any atom is 0.341 e. The van der Waals surface area contributed by atoms with Crippen LogP contribution in [0.5, 0.6) is 5.75 Å². The summed E-state index contributed by atoms with van der Waals surface area (Å²) in [7, 11) is 1.34. The SMILES string of the molecule is COc1cc2c(=O)c(C(=O)O)cn(-c3cc(N)c(F)cc3F)c2c(C)c1N. The third-order valence-corrected chi connectivity index (χ3v) is 4.32. The van der Waals surface area contributed by atoms with Gasteiger partial charge in [0.2, 0.25) is 5.43 Å². The Morgan fingerprint density at radius 1 is 1.19 bits per heavy atom. The zero-order valence-corrected chi connectivity index (χ0v) is 14.3. The highest BCUT2D eigenvalue weighted by molar-refractivity contribution is 5.96. The molecule has 5 N–H and O–H groups in total. The molecule has 0 bridgehead atoms. The van der Waals surface area contributed by atoms with Crippen molar-refractivity contribution in [2.45, 2.75) is 6.92 Å². The number of aromatic carboxylic acids is 1. The molecule has 0 aliphatic rings. The van der Waals surface area contributed by atoms with Gasteiger partial charge in [0.25, 0.3) is 0 Å². The Hall–Kier alpha value is -3.62. The minimum Gasteiger partial charge on any atom is -0.495 e. The van der Waals surface area contributed by atoms with Gasteiger partial charge in [0.15, 0.2) is 0 Å². The van der Waals surface area contributed by atoms with Gasteiger partial charge in [-0.15, -0.1) is 0 Å². The van der Waals surface area contributed by atoms with E-state index < -0.39 is 28.6 Å². The van der Waals surface area contributed by atoms with Gasteiger partial charge in [0.05, 0.1) is 35.1 Å². The predicted octanol–water partition coefficient (Wildman–Crippen LogP) is 2.45. The molecular weight excluding hydrogens is 360 g/mol. The molecule has 27 heavy (non-hydrogen) atoms. The molecule has 0 radical (unpaired) electrons. The summed E-state index contributed by atoms with van der Waals surface area (Å²) in [5, 5.41) is 9.33. The largest absolute Gasteiger partial charge is 0.495 e. The molecule has 0 saturated carbocycles. The van der Waals surface area contributed by atoms with Crippen molar-refractivity contribution in [3.8, 4) is 11.4 Å². The van der Waals surface area contributed by atoms with Gasteiger partial charge in [0, 0.05) is 17.8 Å². The average Bonchev–Trinajstić information content (AvgIpc) is 2.61. The number of carboxylic acid groups (broad SMARTS) is 1. The molecule has 0 fully saturated rings. The second kappa shape index (κ2) is 6.27. The van der Waals surface area contributed by atoms with Crippen molar-refractivity contribution >= 4 is 28.2 Å². The average molecular weight is 375 g/mol. The maximum atomic E-state index is 14.5. The van der Waals surface area contributed by atoms with Crippen molar-refractivity contribution < 1.29 is 23.4 Å². The third kappa shape index (κ3) is 2.73. The highest BCUT2D eigenvalue weighted by atomic mass is 19.1. The second-order valence-electron chi connectivity index (χ2n) is 5.89. The lowest BCUT2D eigenvalue weighted by Gasteiger charge is -2.18. The first-order valence-corrected chi connectivity index (χ1v) is 7.68. The van der Waals surface area contributed by atoms with Crippen LogP contribution in [-0.4, -0.2) is 22.8 Å². The number of pyridine rings is 1. The van der Waals surface area contributed by atoms with Gasteiger partial charge < -0.3 is 25.9 Å². The number of fused-ring (bicyclic) bond motifs is 1. The number of carbonyl (C=O) groups is 1. The van der Waals surface area contributed by atoms with E-state index in [0.29, 0.717) is 11.6 Å². The number of nitrogens with zero attached hydrogens (tertiary/aromatic N) is 1. The minimum atomic E-state index is -1.50. The Morgan fingerprint density at radius 3 is 2.44 bits per heavy atom. The number of anilines is 2. The van der Waals surface area contributed by atoms with Crippen LogP contribution in [0.1, 0.15) is 15.9 Å². The fourth-order valence-corrected chi connectivity index (χ4v) is 2.92. The summed E-state index contributed by atoms with van der Waals surface area (Å²) in [5.74, 6) is -3.28. The molecule has 0 atom stereocenters. The van der Waals surface area contributed by atoms with Crippen molar-refractivity contribution in [3.63, 3.8) is 0 Å². The number of hydrogen-bond donors (Lipinski definition) is 3. The number of nitrogens with two attached hydrogens (primary N) is 2. The van der Waals surface area contributed by atoms with Crippen LogP contribution in [0.4, 0.5) is 20.2 Å². The molecule has 0 spiro atoms. The van der Waals surface area contributed by atoms with E-state index in [1.807, 2.05) is 0 Å². The monoisotopic (exact) mass is 375 g/mol. The molecule has 9 heteroatoms. The third-order valence-electron chi connectivity index (χ3n) is 4.32. The van der Waals surface area contributed by atoms with Crippen LogP contribution in [0.3, 0.4) is 0 Å². The predicted molar refractivity (Wildman–Crippen MR) is 96.5 cm³/mol. The van der Waals surface area contributed by atoms with E-state index in [0.717, 1.165) is 16.8 Å². The summed E-state index contributed by atoms with van der Waals surface area (Å²) < 4.78 is 34.3. The van der Waals surface area contributed by atoms with Crippen LogP contribution >= 0.6 is 0 Å². The number of carboxylic acids is 1. The molecule has 2 aromatic carbocycles. The van der Waals surface area contributed by atoms with E-state index in [2.05, 4.69) is 0 Å². The van der Waals surface area contributed by atoms with Gasteiger partial charge >= 0.3 is 5.97 Å². The van der Waals surface area contributed by atoms with Gasteiger partial charge in [-0.3, -0.25) is 4.79 Å². The highest BCUT2D eigenvalue weighted by Crippen LogP contribution is 2.33. The minimum absolute atomic E-state index is 0.0410. The van der Waals surface area contributed by atoms with Crippen molar-refractivity contribution in [2.24, 2.45) is 0 Å². The van der Waals surface area contributed by atoms with Crippen LogP contribution in [0, 0.1) is 18.6 Å². The van der Waals surface area contributed by atoms with Crippen LogP contribution in [0.2, 0.25) is 0 Å². The van der Waals surface area contributed by atoms with Gasteiger partial charge in [-0.05, 0) is 19.1 Å². The zero-order chi connectivity index (χ0) is 20.0. The molecule has 0 amide bonds. The fourth-order valence-electron chi connectivity index (χ4n) is 2.92. The maximum absolute atomic E-state index is 14.5.